The molecule has 2 amide bonds. The van der Waals surface area contributed by atoms with Crippen LogP contribution in [-0.2, 0) is 14.3 Å². The number of likely N-dealkylation sites (tertiary alicyclic amines) is 1. The molecule has 198 valence electrons. The molecule has 2 aromatic carbocycles. The molecule has 2 atom stereocenters. The van der Waals surface area contributed by atoms with Crippen molar-refractivity contribution in [1.82, 2.24) is 4.90 Å². The van der Waals surface area contributed by atoms with Crippen LogP contribution >= 0.6 is 0 Å². The predicted molar refractivity (Wildman–Crippen MR) is 138 cm³/mol. The first-order valence-corrected chi connectivity index (χ1v) is 12.2. The molecule has 2 heterocycles. The van der Waals surface area contributed by atoms with Crippen molar-refractivity contribution in [2.45, 2.75) is 58.6 Å². The number of esters is 1. The van der Waals surface area contributed by atoms with Crippen molar-refractivity contribution in [3.05, 3.63) is 65.7 Å². The average Bonchev–Trinajstić information content (AvgIpc) is 3.43. The van der Waals surface area contributed by atoms with Crippen LogP contribution in [0.1, 0.15) is 63.1 Å². The lowest BCUT2D eigenvalue weighted by Gasteiger charge is -2.28. The number of amides is 2. The third-order valence-electron chi connectivity index (χ3n) is 5.90. The highest BCUT2D eigenvalue weighted by molar-refractivity contribution is 5.94. The Labute approximate surface area is 215 Å². The van der Waals surface area contributed by atoms with Crippen LogP contribution in [0.4, 0.5) is 14.9 Å². The number of carbonyl (C=O) groups excluding carboxylic acids is 3. The predicted octanol–water partition coefficient (Wildman–Crippen LogP) is 6.12. The highest BCUT2D eigenvalue weighted by Gasteiger charge is 2.36. The highest BCUT2D eigenvalue weighted by atomic mass is 19.1. The van der Waals surface area contributed by atoms with E-state index in [0.717, 1.165) is 17.4 Å². The third kappa shape index (κ3) is 7.31. The topological polar surface area (TPSA) is 98.1 Å². The lowest BCUT2D eigenvalue weighted by molar-refractivity contribution is -0.105. The van der Waals surface area contributed by atoms with Crippen molar-refractivity contribution in [3.63, 3.8) is 0 Å². The summed E-state index contributed by atoms with van der Waals surface area (Å²) in [5.41, 5.74) is 1.81. The summed E-state index contributed by atoms with van der Waals surface area (Å²) in [6, 6.07) is 13.3. The van der Waals surface area contributed by atoms with Crippen molar-refractivity contribution < 1.29 is 32.7 Å². The van der Waals surface area contributed by atoms with Crippen molar-refractivity contribution >= 4 is 35.1 Å². The van der Waals surface area contributed by atoms with Crippen LogP contribution in [0.2, 0.25) is 0 Å². The minimum absolute atomic E-state index is 0.0651. The molecule has 4 rings (SSSR count). The fraction of sp³-hybridized carbons (Fsp3) is 0.393. The van der Waals surface area contributed by atoms with Gasteiger partial charge < -0.3 is 24.1 Å². The summed E-state index contributed by atoms with van der Waals surface area (Å²) in [4.78, 5) is 35.6. The molecule has 2 unspecified atom stereocenters. The van der Waals surface area contributed by atoms with Gasteiger partial charge in [0.05, 0.1) is 6.61 Å². The van der Waals surface area contributed by atoms with Gasteiger partial charge in [0.1, 0.15) is 17.0 Å². The van der Waals surface area contributed by atoms with Crippen LogP contribution in [0.15, 0.2) is 52.9 Å². The van der Waals surface area contributed by atoms with Crippen molar-refractivity contribution in [2.75, 3.05) is 18.5 Å². The summed E-state index contributed by atoms with van der Waals surface area (Å²) >= 11 is 0. The second-order valence-corrected chi connectivity index (χ2v) is 9.71. The lowest BCUT2D eigenvalue weighted by atomic mass is 9.93. The van der Waals surface area contributed by atoms with Gasteiger partial charge in [-0.25, -0.2) is 14.0 Å². The van der Waals surface area contributed by atoms with Gasteiger partial charge in [0.25, 0.3) is 0 Å². The molecule has 3 aromatic rings. The van der Waals surface area contributed by atoms with E-state index in [2.05, 4.69) is 5.32 Å². The Kier molecular flexibility index (Phi) is 8.91. The molecule has 1 aliphatic heterocycles. The van der Waals surface area contributed by atoms with Gasteiger partial charge in [-0.3, -0.25) is 4.79 Å². The monoisotopic (exact) mass is 512 g/mol. The summed E-state index contributed by atoms with van der Waals surface area (Å²) in [5, 5.41) is 3.26. The first-order chi connectivity index (χ1) is 17.5. The molecule has 0 saturated carbocycles. The van der Waals surface area contributed by atoms with Crippen molar-refractivity contribution in [3.8, 4) is 0 Å². The molecule has 37 heavy (non-hydrogen) atoms. The number of nitrogens with one attached hydrogen (secondary N) is 1. The minimum atomic E-state index is -0.492. The van der Waals surface area contributed by atoms with Gasteiger partial charge in [-0.15, -0.1) is 0 Å². The molecule has 9 heteroatoms. The van der Waals surface area contributed by atoms with Crippen molar-refractivity contribution in [2.24, 2.45) is 0 Å². The Morgan fingerprint density at radius 2 is 1.86 bits per heavy atom. The number of carbonyl (C=O) groups is 3. The zero-order valence-corrected chi connectivity index (χ0v) is 21.7. The number of hydrogen-bond donors (Lipinski definition) is 1. The fourth-order valence-corrected chi connectivity index (χ4v) is 4.18. The number of nitrogens with zero attached hydrogens (tertiary/aromatic N) is 1. The Hall–Kier alpha value is -3.88. The van der Waals surface area contributed by atoms with E-state index in [1.807, 2.05) is 27.7 Å². The number of rotatable bonds is 5. The summed E-state index contributed by atoms with van der Waals surface area (Å²) in [6.07, 6.45) is 1.20. The normalized spacial score (nSPS) is 17.1. The van der Waals surface area contributed by atoms with E-state index in [4.69, 9.17) is 13.9 Å². The largest absolute Gasteiger partial charge is 0.460 e. The van der Waals surface area contributed by atoms with Gasteiger partial charge in [-0.1, -0.05) is 12.1 Å². The minimum Gasteiger partial charge on any atom is -0.460 e. The Morgan fingerprint density at radius 1 is 1.16 bits per heavy atom. The van der Waals surface area contributed by atoms with Gasteiger partial charge in [-0.2, -0.15) is 0 Å². The number of furan rings is 1. The number of halogens is 1. The van der Waals surface area contributed by atoms with Gasteiger partial charge in [0.2, 0.25) is 12.2 Å². The van der Waals surface area contributed by atoms with Gasteiger partial charge in [0, 0.05) is 29.6 Å². The summed E-state index contributed by atoms with van der Waals surface area (Å²) in [6.45, 7) is 10.3. The fourth-order valence-electron chi connectivity index (χ4n) is 4.18. The second kappa shape index (κ2) is 11.9. The number of anilines is 1. The molecule has 0 radical (unpaired) electrons. The van der Waals surface area contributed by atoms with E-state index in [0.29, 0.717) is 30.8 Å². The van der Waals surface area contributed by atoms with Gasteiger partial charge in [-0.05, 0) is 83.0 Å². The number of benzene rings is 2. The number of hydrogen-bond acceptors (Lipinski definition) is 6. The standard InChI is InChI=1S/C16H22FNO2.C12H11NO4/c1-11-14(12-5-7-13(17)8-6-12)9-10-18(11)15(19)20-16(2,3)4;1-2-16-12(15)11-6-8-5-9(13-7-14)3-4-10(8)17-11/h5-8,11,14H,9-10H2,1-4H3;3-7H,2H2,1H3,(H,13,14). The molecule has 0 bridgehead atoms. The first-order valence-electron chi connectivity index (χ1n) is 12.2. The molecule has 0 aliphatic carbocycles. The molecule has 0 spiro atoms. The summed E-state index contributed by atoms with van der Waals surface area (Å²) in [5.74, 6) is -0.329. The smallest absolute Gasteiger partial charge is 0.410 e. The maximum Gasteiger partial charge on any atom is 0.410 e. The second-order valence-electron chi connectivity index (χ2n) is 9.71. The molecular formula is C28H33FN2O6. The van der Waals surface area contributed by atoms with E-state index in [1.165, 1.54) is 12.1 Å². The molecule has 1 aliphatic rings. The maximum absolute atomic E-state index is 13.0. The Bertz CT molecular complexity index is 1230. The first kappa shape index (κ1) is 27.7. The van der Waals surface area contributed by atoms with Crippen LogP contribution in [0.3, 0.4) is 0 Å². The van der Waals surface area contributed by atoms with Crippen LogP contribution in [0.25, 0.3) is 11.0 Å². The SMILES string of the molecule is CC1C(c2ccc(F)cc2)CCN1C(=O)OC(C)(C)C.CCOC(=O)c1cc2cc(NC=O)ccc2o1. The molecule has 1 aromatic heterocycles. The molecule has 1 saturated heterocycles. The van der Waals surface area contributed by atoms with E-state index < -0.39 is 11.6 Å². The molecular weight excluding hydrogens is 479 g/mol. The van der Waals surface area contributed by atoms with Crippen LogP contribution in [0, 0.1) is 5.82 Å². The summed E-state index contributed by atoms with van der Waals surface area (Å²) < 4.78 is 28.6. The zero-order valence-electron chi connectivity index (χ0n) is 21.7. The van der Waals surface area contributed by atoms with E-state index in [-0.39, 0.29) is 29.6 Å². The zero-order chi connectivity index (χ0) is 27.2. The molecule has 1 N–H and O–H groups in total. The maximum atomic E-state index is 13.0. The molecule has 8 nitrogen and oxygen atoms in total. The van der Waals surface area contributed by atoms with Crippen LogP contribution in [0.5, 0.6) is 0 Å². The summed E-state index contributed by atoms with van der Waals surface area (Å²) in [7, 11) is 0. The van der Waals surface area contributed by atoms with E-state index in [1.54, 1.807) is 48.2 Å². The lowest BCUT2D eigenvalue weighted by Crippen LogP contribution is -2.39. The highest BCUT2D eigenvalue weighted by Crippen LogP contribution is 2.34. The number of fused-ring (bicyclic) bond motifs is 1. The van der Waals surface area contributed by atoms with Crippen LogP contribution < -0.4 is 5.32 Å². The third-order valence-corrected chi connectivity index (χ3v) is 5.90. The Balaban J connectivity index is 0.000000208. The quantitative estimate of drug-likeness (QED) is 0.327. The number of ether oxygens (including phenoxy) is 2. The Morgan fingerprint density at radius 3 is 2.49 bits per heavy atom. The van der Waals surface area contributed by atoms with E-state index >= 15 is 0 Å². The van der Waals surface area contributed by atoms with Gasteiger partial charge >= 0.3 is 12.1 Å². The van der Waals surface area contributed by atoms with Crippen molar-refractivity contribution in [1.29, 1.82) is 0 Å². The van der Waals surface area contributed by atoms with Crippen LogP contribution in [-0.4, -0.2) is 48.2 Å². The van der Waals surface area contributed by atoms with Gasteiger partial charge in [0.15, 0.2) is 0 Å². The van der Waals surface area contributed by atoms with E-state index in [9.17, 15) is 18.8 Å². The average molecular weight is 513 g/mol. The molecule has 1 fully saturated rings.